The highest BCUT2D eigenvalue weighted by molar-refractivity contribution is 5.94. The second-order valence-electron chi connectivity index (χ2n) is 6.02. The van der Waals surface area contributed by atoms with Crippen LogP contribution in [0.5, 0.6) is 0 Å². The Morgan fingerprint density at radius 3 is 2.92 bits per heavy atom. The number of pyridine rings is 1. The predicted octanol–water partition coefficient (Wildman–Crippen LogP) is 3.37. The van der Waals surface area contributed by atoms with Gasteiger partial charge in [0.2, 0.25) is 0 Å². The molecule has 4 rings (SSSR count). The van der Waals surface area contributed by atoms with Crippen LogP contribution in [-0.2, 0) is 22.4 Å². The zero-order valence-electron chi connectivity index (χ0n) is 13.6. The summed E-state index contributed by atoms with van der Waals surface area (Å²) in [5.41, 5.74) is 3.07. The standard InChI is InChI=1S/C19H17NO4/c1-3-12-8-13-16(9-15(12)23-11(2)21)24-17-10-20-7-5-4-6-14(20)18(17)19(13)22/h4-7,10H,3,8-9H2,1-2H3. The summed E-state index contributed by atoms with van der Waals surface area (Å²) in [7, 11) is 0. The van der Waals surface area contributed by atoms with Crippen molar-refractivity contribution in [1.29, 1.82) is 0 Å². The highest BCUT2D eigenvalue weighted by Crippen LogP contribution is 2.30. The van der Waals surface area contributed by atoms with Crippen LogP contribution in [0.1, 0.15) is 31.6 Å². The molecule has 0 aromatic carbocycles. The first-order chi connectivity index (χ1) is 11.6. The molecule has 0 spiro atoms. The number of fused-ring (bicyclic) bond motifs is 4. The van der Waals surface area contributed by atoms with Gasteiger partial charge in [0, 0.05) is 25.1 Å². The van der Waals surface area contributed by atoms with Gasteiger partial charge >= 0.3 is 5.97 Å². The Hall–Kier alpha value is -2.82. The molecule has 0 amide bonds. The fraction of sp³-hybridized carbons (Fsp3) is 0.263. The third-order valence-electron chi connectivity index (χ3n) is 4.52. The summed E-state index contributed by atoms with van der Waals surface area (Å²) in [4.78, 5) is 24.4. The third kappa shape index (κ3) is 2.16. The summed E-state index contributed by atoms with van der Waals surface area (Å²) in [5, 5.41) is 0.612. The molecule has 3 aromatic heterocycles. The third-order valence-corrected chi connectivity index (χ3v) is 4.52. The smallest absolute Gasteiger partial charge is 0.307 e. The van der Waals surface area contributed by atoms with E-state index in [9.17, 15) is 9.59 Å². The van der Waals surface area contributed by atoms with Gasteiger partial charge in [0.05, 0.1) is 23.5 Å². The van der Waals surface area contributed by atoms with Gasteiger partial charge in [-0.15, -0.1) is 0 Å². The van der Waals surface area contributed by atoms with E-state index in [0.717, 1.165) is 17.5 Å². The molecule has 1 aliphatic rings. The Morgan fingerprint density at radius 2 is 2.17 bits per heavy atom. The quantitative estimate of drug-likeness (QED) is 0.678. The van der Waals surface area contributed by atoms with E-state index in [4.69, 9.17) is 9.15 Å². The van der Waals surface area contributed by atoms with Gasteiger partial charge in [-0.1, -0.05) is 13.0 Å². The van der Waals surface area contributed by atoms with Crippen LogP contribution in [0.3, 0.4) is 0 Å². The van der Waals surface area contributed by atoms with Crippen molar-refractivity contribution < 1.29 is 13.9 Å². The molecule has 5 heteroatoms. The zero-order chi connectivity index (χ0) is 16.8. The number of esters is 1. The molecule has 0 saturated heterocycles. The molecule has 0 unspecified atom stereocenters. The van der Waals surface area contributed by atoms with Gasteiger partial charge in [-0.25, -0.2) is 0 Å². The fourth-order valence-corrected chi connectivity index (χ4v) is 3.38. The Balaban J connectivity index is 1.94. The molecule has 0 radical (unpaired) electrons. The molecule has 0 atom stereocenters. The minimum atomic E-state index is -0.350. The lowest BCUT2D eigenvalue weighted by Crippen LogP contribution is -2.20. The Kier molecular flexibility index (Phi) is 3.30. The lowest BCUT2D eigenvalue weighted by atomic mass is 9.92. The van der Waals surface area contributed by atoms with Crippen molar-refractivity contribution in [3.05, 3.63) is 63.5 Å². The van der Waals surface area contributed by atoms with E-state index >= 15 is 0 Å². The normalized spacial score (nSPS) is 14.2. The van der Waals surface area contributed by atoms with Gasteiger partial charge in [-0.3, -0.25) is 9.59 Å². The van der Waals surface area contributed by atoms with Crippen molar-refractivity contribution in [2.24, 2.45) is 0 Å². The molecule has 122 valence electrons. The molecular weight excluding hydrogens is 306 g/mol. The number of ether oxygens (including phenoxy) is 1. The van der Waals surface area contributed by atoms with Crippen molar-refractivity contribution in [3.8, 4) is 0 Å². The first kappa shape index (κ1) is 14.8. The second kappa shape index (κ2) is 5.37. The summed E-state index contributed by atoms with van der Waals surface area (Å²) in [6.45, 7) is 3.38. The van der Waals surface area contributed by atoms with Crippen LogP contribution in [0, 0.1) is 0 Å². The number of hydrogen-bond acceptors (Lipinski definition) is 4. The van der Waals surface area contributed by atoms with Gasteiger partial charge in [-0.05, 0) is 24.1 Å². The van der Waals surface area contributed by atoms with Crippen LogP contribution in [0.15, 0.2) is 51.1 Å². The molecule has 24 heavy (non-hydrogen) atoms. The molecule has 3 heterocycles. The lowest BCUT2D eigenvalue weighted by Gasteiger charge is -2.20. The number of aromatic nitrogens is 1. The monoisotopic (exact) mass is 323 g/mol. The minimum absolute atomic E-state index is 0.00720. The van der Waals surface area contributed by atoms with E-state index in [1.165, 1.54) is 6.92 Å². The number of carbonyl (C=O) groups excluding carboxylic acids is 1. The number of allylic oxidation sites excluding steroid dienone is 2. The van der Waals surface area contributed by atoms with E-state index < -0.39 is 0 Å². The van der Waals surface area contributed by atoms with E-state index in [1.807, 2.05) is 41.9 Å². The summed E-state index contributed by atoms with van der Waals surface area (Å²) in [6, 6.07) is 5.73. The van der Waals surface area contributed by atoms with Crippen LogP contribution in [0.4, 0.5) is 0 Å². The predicted molar refractivity (Wildman–Crippen MR) is 89.9 cm³/mol. The summed E-state index contributed by atoms with van der Waals surface area (Å²) in [6.07, 6.45) is 5.25. The zero-order valence-corrected chi connectivity index (χ0v) is 13.6. The van der Waals surface area contributed by atoms with E-state index in [0.29, 0.717) is 40.9 Å². The number of nitrogens with zero attached hydrogens (tertiary/aromatic N) is 1. The van der Waals surface area contributed by atoms with Crippen LogP contribution in [-0.4, -0.2) is 10.4 Å². The average molecular weight is 323 g/mol. The topological polar surface area (TPSA) is 60.9 Å². The van der Waals surface area contributed by atoms with E-state index in [-0.39, 0.29) is 11.4 Å². The van der Waals surface area contributed by atoms with Crippen molar-refractivity contribution >= 4 is 22.5 Å². The number of carbonyl (C=O) groups is 1. The molecule has 1 aliphatic carbocycles. The van der Waals surface area contributed by atoms with Gasteiger partial charge < -0.3 is 13.6 Å². The molecule has 3 aromatic rings. The van der Waals surface area contributed by atoms with Crippen molar-refractivity contribution in [2.75, 3.05) is 0 Å². The Bertz CT molecular complexity index is 1070. The largest absolute Gasteiger partial charge is 0.458 e. The van der Waals surface area contributed by atoms with Crippen LogP contribution in [0.2, 0.25) is 0 Å². The van der Waals surface area contributed by atoms with Gasteiger partial charge in [-0.2, -0.15) is 0 Å². The van der Waals surface area contributed by atoms with Crippen LogP contribution >= 0.6 is 0 Å². The van der Waals surface area contributed by atoms with Crippen LogP contribution < -0.4 is 5.43 Å². The molecule has 0 fully saturated rings. The Labute approximate surface area is 138 Å². The fourth-order valence-electron chi connectivity index (χ4n) is 3.38. The number of rotatable bonds is 2. The Morgan fingerprint density at radius 1 is 1.33 bits per heavy atom. The van der Waals surface area contributed by atoms with Crippen LogP contribution in [0.25, 0.3) is 16.5 Å². The maximum absolute atomic E-state index is 13.0. The summed E-state index contributed by atoms with van der Waals surface area (Å²) < 4.78 is 13.2. The highest BCUT2D eigenvalue weighted by atomic mass is 16.5. The average Bonchev–Trinajstić information content (AvgIpc) is 2.92. The van der Waals surface area contributed by atoms with Gasteiger partial charge in [0.25, 0.3) is 0 Å². The molecule has 5 nitrogen and oxygen atoms in total. The highest BCUT2D eigenvalue weighted by Gasteiger charge is 2.26. The minimum Gasteiger partial charge on any atom is -0.458 e. The maximum atomic E-state index is 13.0. The maximum Gasteiger partial charge on any atom is 0.307 e. The number of hydrogen-bond donors (Lipinski definition) is 0. The summed E-state index contributed by atoms with van der Waals surface area (Å²) in [5.74, 6) is 0.859. The van der Waals surface area contributed by atoms with Gasteiger partial charge in [0.1, 0.15) is 11.5 Å². The molecule has 0 N–H and O–H groups in total. The van der Waals surface area contributed by atoms with Gasteiger partial charge in [0.15, 0.2) is 11.0 Å². The SMILES string of the molecule is CCC1=C(OC(C)=O)Cc2oc3cn4ccccc4c3c(=O)c2C1. The van der Waals surface area contributed by atoms with Crippen molar-refractivity contribution in [1.82, 2.24) is 4.40 Å². The lowest BCUT2D eigenvalue weighted by molar-refractivity contribution is -0.137. The van der Waals surface area contributed by atoms with Crippen molar-refractivity contribution in [3.63, 3.8) is 0 Å². The molecule has 0 bridgehead atoms. The second-order valence-corrected chi connectivity index (χ2v) is 6.02. The molecule has 0 saturated carbocycles. The first-order valence-corrected chi connectivity index (χ1v) is 8.02. The van der Waals surface area contributed by atoms with E-state index in [1.54, 1.807) is 0 Å². The summed E-state index contributed by atoms with van der Waals surface area (Å²) >= 11 is 0. The molecular formula is C19H17NO4. The first-order valence-electron chi connectivity index (χ1n) is 8.02. The molecule has 0 aliphatic heterocycles. The van der Waals surface area contributed by atoms with E-state index in [2.05, 4.69) is 0 Å². The van der Waals surface area contributed by atoms with Crippen molar-refractivity contribution in [2.45, 2.75) is 33.1 Å².